The molecule has 0 unspecified atom stereocenters. The molecular formula is C26H29N5OS. The number of benzene rings is 2. The van der Waals surface area contributed by atoms with Crippen LogP contribution in [-0.2, 0) is 4.79 Å². The molecule has 1 atom stereocenters. The zero-order valence-corrected chi connectivity index (χ0v) is 19.9. The second-order valence-corrected chi connectivity index (χ2v) is 9.60. The molecule has 0 radical (unpaired) electrons. The smallest absolute Gasteiger partial charge is 0.227 e. The first-order valence-corrected chi connectivity index (χ1v) is 12.5. The van der Waals surface area contributed by atoms with E-state index in [4.69, 9.17) is 10.1 Å². The molecule has 1 amide bonds. The molecule has 170 valence electrons. The van der Waals surface area contributed by atoms with Crippen molar-refractivity contribution in [3.8, 4) is 5.69 Å². The summed E-state index contributed by atoms with van der Waals surface area (Å²) in [5.41, 5.74) is 4.04. The number of hydrogen-bond acceptors (Lipinski definition) is 5. The molecule has 3 heterocycles. The number of piperidine rings is 1. The molecule has 5 rings (SSSR count). The Labute approximate surface area is 198 Å². The second-order valence-electron chi connectivity index (χ2n) is 8.62. The Morgan fingerprint density at radius 3 is 2.42 bits per heavy atom. The highest BCUT2D eigenvalue weighted by Gasteiger charge is 2.27. The normalized spacial score (nSPS) is 15.6. The zero-order valence-electron chi connectivity index (χ0n) is 19.1. The summed E-state index contributed by atoms with van der Waals surface area (Å²) in [4.78, 5) is 20.2. The molecule has 0 bridgehead atoms. The number of aryl methyl sites for hydroxylation is 1. The van der Waals surface area contributed by atoms with E-state index in [9.17, 15) is 4.79 Å². The van der Waals surface area contributed by atoms with Gasteiger partial charge in [-0.3, -0.25) is 4.79 Å². The Hall–Kier alpha value is -3.19. The molecule has 1 aliphatic rings. The largest absolute Gasteiger partial charge is 0.353 e. The summed E-state index contributed by atoms with van der Waals surface area (Å²) in [5, 5.41) is 9.04. The van der Waals surface area contributed by atoms with Gasteiger partial charge in [-0.05, 0) is 43.9 Å². The fraction of sp³-hybridized carbons (Fsp3) is 0.346. The van der Waals surface area contributed by atoms with Crippen LogP contribution in [0.4, 0.5) is 5.13 Å². The number of nitrogens with one attached hydrogen (secondary N) is 1. The average Bonchev–Trinajstić information content (AvgIpc) is 3.42. The van der Waals surface area contributed by atoms with Crippen LogP contribution in [0.3, 0.4) is 0 Å². The van der Waals surface area contributed by atoms with E-state index in [1.165, 1.54) is 0 Å². The maximum absolute atomic E-state index is 12.9. The van der Waals surface area contributed by atoms with Crippen LogP contribution in [0, 0.1) is 6.92 Å². The van der Waals surface area contributed by atoms with Crippen LogP contribution < -0.4 is 10.2 Å². The van der Waals surface area contributed by atoms with Crippen molar-refractivity contribution in [3.05, 3.63) is 71.9 Å². The Kier molecular flexibility index (Phi) is 6.13. The number of fused-ring (bicyclic) bond motifs is 1. The van der Waals surface area contributed by atoms with Crippen molar-refractivity contribution < 1.29 is 4.79 Å². The van der Waals surface area contributed by atoms with Gasteiger partial charge >= 0.3 is 0 Å². The van der Waals surface area contributed by atoms with Gasteiger partial charge < -0.3 is 10.2 Å². The summed E-state index contributed by atoms with van der Waals surface area (Å²) in [6, 6.07) is 20.4. The van der Waals surface area contributed by atoms with Crippen molar-refractivity contribution in [1.82, 2.24) is 20.1 Å². The molecule has 0 aliphatic carbocycles. The summed E-state index contributed by atoms with van der Waals surface area (Å²) >= 11 is 1.71. The molecule has 7 heteroatoms. The average molecular weight is 460 g/mol. The van der Waals surface area contributed by atoms with Gasteiger partial charge in [0.2, 0.25) is 5.91 Å². The predicted molar refractivity (Wildman–Crippen MR) is 134 cm³/mol. The summed E-state index contributed by atoms with van der Waals surface area (Å²) in [6.07, 6.45) is 2.66. The fourth-order valence-corrected chi connectivity index (χ4v) is 5.62. The van der Waals surface area contributed by atoms with Crippen LogP contribution in [0.1, 0.15) is 43.4 Å². The fourth-order valence-electron chi connectivity index (χ4n) is 4.58. The maximum Gasteiger partial charge on any atom is 0.227 e. The van der Waals surface area contributed by atoms with Gasteiger partial charge in [-0.25, -0.2) is 4.68 Å². The van der Waals surface area contributed by atoms with E-state index in [1.54, 1.807) is 11.3 Å². The van der Waals surface area contributed by atoms with E-state index < -0.39 is 0 Å². The van der Waals surface area contributed by atoms with E-state index >= 15 is 0 Å². The van der Waals surface area contributed by atoms with E-state index in [0.717, 1.165) is 64.8 Å². The molecule has 0 saturated carbocycles. The second kappa shape index (κ2) is 9.35. The Morgan fingerprint density at radius 1 is 1.09 bits per heavy atom. The number of nitrogens with zero attached hydrogens (tertiary/aromatic N) is 4. The molecule has 1 aliphatic heterocycles. The Morgan fingerprint density at radius 2 is 1.76 bits per heavy atom. The molecule has 6 nitrogen and oxygen atoms in total. The topological polar surface area (TPSA) is 63.1 Å². The van der Waals surface area contributed by atoms with E-state index in [-0.39, 0.29) is 17.9 Å². The molecule has 2 aromatic carbocycles. The number of para-hydroxylation sites is 1. The van der Waals surface area contributed by atoms with Crippen LogP contribution in [0.25, 0.3) is 16.0 Å². The molecule has 1 N–H and O–H groups in total. The molecule has 0 spiro atoms. The molecule has 4 aromatic rings. The van der Waals surface area contributed by atoms with Crippen molar-refractivity contribution >= 4 is 32.7 Å². The lowest BCUT2D eigenvalue weighted by Gasteiger charge is -2.33. The molecular weight excluding hydrogens is 430 g/mol. The monoisotopic (exact) mass is 459 g/mol. The quantitative estimate of drug-likeness (QED) is 0.437. The van der Waals surface area contributed by atoms with Crippen LogP contribution in [0.2, 0.25) is 0 Å². The summed E-state index contributed by atoms with van der Waals surface area (Å²) in [6.45, 7) is 5.90. The van der Waals surface area contributed by atoms with Crippen LogP contribution in [-0.4, -0.2) is 39.8 Å². The van der Waals surface area contributed by atoms with Crippen molar-refractivity contribution in [2.24, 2.45) is 0 Å². The minimum Gasteiger partial charge on any atom is -0.353 e. The van der Waals surface area contributed by atoms with Crippen molar-refractivity contribution in [2.45, 2.75) is 45.1 Å². The predicted octanol–water partition coefficient (Wildman–Crippen LogP) is 5.07. The van der Waals surface area contributed by atoms with Crippen molar-refractivity contribution in [2.75, 3.05) is 18.0 Å². The highest BCUT2D eigenvalue weighted by Crippen LogP contribution is 2.33. The van der Waals surface area contributed by atoms with Gasteiger partial charge in [-0.15, -0.1) is 0 Å². The van der Waals surface area contributed by atoms with E-state index in [2.05, 4.69) is 29.3 Å². The number of anilines is 1. The standard InChI is InChI=1S/C26H29N5OS/c1-3-22(19-10-6-4-7-11-19)25(32)27-20-14-16-30(17-15-20)26-28-24-23(33-26)18(2)29-31(24)21-12-8-5-9-13-21/h4-13,20,22H,3,14-17H2,1-2H3,(H,27,32)/t22-/m1/s1. The third-order valence-electron chi connectivity index (χ3n) is 6.42. The third kappa shape index (κ3) is 4.37. The number of hydrogen-bond donors (Lipinski definition) is 1. The minimum atomic E-state index is -0.0857. The first kappa shape index (κ1) is 21.6. The number of rotatable bonds is 6. The summed E-state index contributed by atoms with van der Waals surface area (Å²) in [5.74, 6) is 0.0538. The van der Waals surface area contributed by atoms with E-state index in [0.29, 0.717) is 0 Å². The Balaban J connectivity index is 1.25. The molecule has 1 saturated heterocycles. The number of aromatic nitrogens is 3. The Bertz CT molecular complexity index is 1230. The van der Waals surface area contributed by atoms with Gasteiger partial charge in [-0.2, -0.15) is 10.1 Å². The van der Waals surface area contributed by atoms with Gasteiger partial charge in [0, 0.05) is 19.1 Å². The van der Waals surface area contributed by atoms with Gasteiger partial charge in [0.1, 0.15) is 0 Å². The molecule has 1 fully saturated rings. The van der Waals surface area contributed by atoms with Crippen LogP contribution in [0.5, 0.6) is 0 Å². The molecule has 33 heavy (non-hydrogen) atoms. The highest BCUT2D eigenvalue weighted by atomic mass is 32.1. The van der Waals surface area contributed by atoms with E-state index in [1.807, 2.05) is 60.1 Å². The van der Waals surface area contributed by atoms with Gasteiger partial charge in [0.05, 0.1) is 22.0 Å². The first-order valence-electron chi connectivity index (χ1n) is 11.7. The first-order chi connectivity index (χ1) is 16.1. The highest BCUT2D eigenvalue weighted by molar-refractivity contribution is 7.22. The number of amides is 1. The zero-order chi connectivity index (χ0) is 22.8. The summed E-state index contributed by atoms with van der Waals surface area (Å²) < 4.78 is 3.07. The minimum absolute atomic E-state index is 0.0857. The van der Waals surface area contributed by atoms with Gasteiger partial charge in [-0.1, -0.05) is 66.8 Å². The van der Waals surface area contributed by atoms with Crippen LogP contribution >= 0.6 is 11.3 Å². The maximum atomic E-state index is 12.9. The summed E-state index contributed by atoms with van der Waals surface area (Å²) in [7, 11) is 0. The lowest BCUT2D eigenvalue weighted by atomic mass is 9.94. The SMILES string of the molecule is CC[C@@H](C(=O)NC1CCN(c2nc3c(s2)c(C)nn3-c2ccccc2)CC1)c1ccccc1. The van der Waals surface area contributed by atoms with Crippen LogP contribution in [0.15, 0.2) is 60.7 Å². The lowest BCUT2D eigenvalue weighted by molar-refractivity contribution is -0.123. The number of carbonyl (C=O) groups excluding carboxylic acids is 1. The number of thiazole rings is 1. The van der Waals surface area contributed by atoms with Crippen molar-refractivity contribution in [1.29, 1.82) is 0 Å². The third-order valence-corrected chi connectivity index (χ3v) is 7.63. The van der Waals surface area contributed by atoms with Gasteiger partial charge in [0.15, 0.2) is 10.8 Å². The van der Waals surface area contributed by atoms with Crippen molar-refractivity contribution in [3.63, 3.8) is 0 Å². The molecule has 2 aromatic heterocycles. The van der Waals surface area contributed by atoms with Gasteiger partial charge in [0.25, 0.3) is 0 Å². The number of carbonyl (C=O) groups is 1. The lowest BCUT2D eigenvalue weighted by Crippen LogP contribution is -2.46.